The maximum absolute atomic E-state index is 10.7. The summed E-state index contributed by atoms with van der Waals surface area (Å²) in [6.07, 6.45) is 0. The van der Waals surface area contributed by atoms with Crippen LogP contribution in [0.15, 0.2) is 0 Å². The van der Waals surface area contributed by atoms with E-state index in [-0.39, 0.29) is 5.91 Å². The highest BCUT2D eigenvalue weighted by Crippen LogP contribution is 2.10. The van der Waals surface area contributed by atoms with E-state index in [0.29, 0.717) is 11.5 Å². The van der Waals surface area contributed by atoms with Crippen LogP contribution >= 0.6 is 11.8 Å². The van der Waals surface area contributed by atoms with Crippen molar-refractivity contribution in [2.75, 3.05) is 18.6 Å². The highest BCUT2D eigenvalue weighted by Gasteiger charge is 2.12. The topological polar surface area (TPSA) is 49.3 Å². The number of aliphatic hydroxyl groups is 1. The Balaban J connectivity index is 3.35. The van der Waals surface area contributed by atoms with Gasteiger partial charge in [0.2, 0.25) is 5.91 Å². The Morgan fingerprint density at radius 3 is 2.55 bits per heavy atom. The molecule has 4 heteroatoms. The van der Waals surface area contributed by atoms with E-state index in [1.165, 1.54) is 11.8 Å². The molecule has 0 aliphatic rings. The van der Waals surface area contributed by atoms with Gasteiger partial charge in [-0.1, -0.05) is 0 Å². The molecule has 11 heavy (non-hydrogen) atoms. The fraction of sp³-hybridized carbons (Fsp3) is 0.857. The van der Waals surface area contributed by atoms with Crippen LogP contribution in [0.5, 0.6) is 0 Å². The quantitative estimate of drug-likeness (QED) is 0.646. The highest BCUT2D eigenvalue weighted by molar-refractivity contribution is 8.00. The Kier molecular flexibility index (Phi) is 4.52. The standard InChI is InChI=1S/C7H15NO2S/c1-7(2,10)5-11-4-6(9)8-3/h10H,4-5H2,1-3H3,(H,8,9). The van der Waals surface area contributed by atoms with Crippen LogP contribution in [0.25, 0.3) is 0 Å². The molecule has 0 radical (unpaired) electrons. The summed E-state index contributed by atoms with van der Waals surface area (Å²) in [4.78, 5) is 10.7. The highest BCUT2D eigenvalue weighted by atomic mass is 32.2. The molecule has 66 valence electrons. The van der Waals surface area contributed by atoms with Gasteiger partial charge in [0, 0.05) is 12.8 Å². The predicted octanol–water partition coefficient (Wildman–Crippen LogP) is 0.236. The average molecular weight is 177 g/mol. The van der Waals surface area contributed by atoms with Gasteiger partial charge < -0.3 is 10.4 Å². The molecule has 0 aliphatic carbocycles. The van der Waals surface area contributed by atoms with Crippen LogP contribution < -0.4 is 5.32 Å². The molecule has 0 atom stereocenters. The van der Waals surface area contributed by atoms with Crippen molar-refractivity contribution < 1.29 is 9.90 Å². The Morgan fingerprint density at radius 1 is 1.64 bits per heavy atom. The molecule has 0 rings (SSSR count). The zero-order valence-electron chi connectivity index (χ0n) is 7.18. The van der Waals surface area contributed by atoms with Crippen molar-refractivity contribution in [3.8, 4) is 0 Å². The number of carbonyl (C=O) groups excluding carboxylic acids is 1. The van der Waals surface area contributed by atoms with Gasteiger partial charge in [-0.05, 0) is 13.8 Å². The third-order valence-electron chi connectivity index (χ3n) is 0.967. The normalized spacial score (nSPS) is 11.3. The Hall–Kier alpha value is -0.220. The summed E-state index contributed by atoms with van der Waals surface area (Å²) in [7, 11) is 1.60. The summed E-state index contributed by atoms with van der Waals surface area (Å²) < 4.78 is 0. The molecule has 0 unspecified atom stereocenters. The lowest BCUT2D eigenvalue weighted by atomic mass is 10.2. The fourth-order valence-corrected chi connectivity index (χ4v) is 1.40. The number of hydrogen-bond acceptors (Lipinski definition) is 3. The third-order valence-corrected chi connectivity index (χ3v) is 2.34. The molecule has 0 saturated heterocycles. The van der Waals surface area contributed by atoms with Gasteiger partial charge in [-0.2, -0.15) is 0 Å². The van der Waals surface area contributed by atoms with Gasteiger partial charge >= 0.3 is 0 Å². The van der Waals surface area contributed by atoms with E-state index in [1.807, 2.05) is 0 Å². The monoisotopic (exact) mass is 177 g/mol. The van der Waals surface area contributed by atoms with Crippen LogP contribution in [0.4, 0.5) is 0 Å². The first-order chi connectivity index (χ1) is 4.95. The van der Waals surface area contributed by atoms with Crippen LogP contribution in [0.2, 0.25) is 0 Å². The largest absolute Gasteiger partial charge is 0.390 e. The van der Waals surface area contributed by atoms with Gasteiger partial charge in [0.25, 0.3) is 0 Å². The van der Waals surface area contributed by atoms with E-state index in [2.05, 4.69) is 5.32 Å². The van der Waals surface area contributed by atoms with Crippen molar-refractivity contribution in [2.45, 2.75) is 19.4 Å². The number of amides is 1. The Morgan fingerprint density at radius 2 is 2.18 bits per heavy atom. The zero-order valence-corrected chi connectivity index (χ0v) is 7.99. The molecule has 0 aliphatic heterocycles. The van der Waals surface area contributed by atoms with Gasteiger partial charge in [-0.15, -0.1) is 11.8 Å². The smallest absolute Gasteiger partial charge is 0.229 e. The maximum atomic E-state index is 10.7. The van der Waals surface area contributed by atoms with E-state index in [0.717, 1.165) is 0 Å². The molecule has 0 aromatic heterocycles. The second-order valence-electron chi connectivity index (χ2n) is 2.98. The molecule has 0 spiro atoms. The molecule has 1 amide bonds. The van der Waals surface area contributed by atoms with Crippen molar-refractivity contribution >= 4 is 17.7 Å². The first-order valence-corrected chi connectivity index (χ1v) is 4.62. The summed E-state index contributed by atoms with van der Waals surface area (Å²) in [5.74, 6) is 1.00. The summed E-state index contributed by atoms with van der Waals surface area (Å²) in [5.41, 5.74) is -0.682. The molecule has 0 saturated carbocycles. The van der Waals surface area contributed by atoms with E-state index >= 15 is 0 Å². The first-order valence-electron chi connectivity index (χ1n) is 3.46. The summed E-state index contributed by atoms with van der Waals surface area (Å²) in [6, 6.07) is 0. The zero-order chi connectivity index (χ0) is 8.91. The molecule has 0 aromatic rings. The van der Waals surface area contributed by atoms with Gasteiger partial charge in [0.1, 0.15) is 0 Å². The van der Waals surface area contributed by atoms with Gasteiger partial charge in [0.05, 0.1) is 11.4 Å². The van der Waals surface area contributed by atoms with Crippen LogP contribution in [0.3, 0.4) is 0 Å². The second-order valence-corrected chi connectivity index (χ2v) is 3.96. The lowest BCUT2D eigenvalue weighted by Crippen LogP contribution is -2.25. The molecular formula is C7H15NO2S. The third kappa shape index (κ3) is 7.68. The fourth-order valence-electron chi connectivity index (χ4n) is 0.466. The molecular weight excluding hydrogens is 162 g/mol. The summed E-state index contributed by atoms with van der Waals surface area (Å²) in [5, 5.41) is 11.8. The molecule has 0 heterocycles. The van der Waals surface area contributed by atoms with E-state index in [9.17, 15) is 9.90 Å². The first kappa shape index (κ1) is 10.8. The second kappa shape index (κ2) is 4.62. The van der Waals surface area contributed by atoms with Crippen LogP contribution in [0, 0.1) is 0 Å². The number of nitrogens with one attached hydrogen (secondary N) is 1. The molecule has 0 fully saturated rings. The predicted molar refractivity (Wildman–Crippen MR) is 47.7 cm³/mol. The molecule has 0 bridgehead atoms. The number of thioether (sulfide) groups is 1. The van der Waals surface area contributed by atoms with E-state index in [4.69, 9.17) is 0 Å². The molecule has 0 aromatic carbocycles. The SMILES string of the molecule is CNC(=O)CSCC(C)(C)O. The Labute approximate surface area is 71.6 Å². The van der Waals surface area contributed by atoms with E-state index in [1.54, 1.807) is 20.9 Å². The van der Waals surface area contributed by atoms with Crippen molar-refractivity contribution in [2.24, 2.45) is 0 Å². The lowest BCUT2D eigenvalue weighted by molar-refractivity contribution is -0.118. The molecule has 3 nitrogen and oxygen atoms in total. The van der Waals surface area contributed by atoms with Crippen molar-refractivity contribution in [3.63, 3.8) is 0 Å². The van der Waals surface area contributed by atoms with Crippen molar-refractivity contribution in [3.05, 3.63) is 0 Å². The van der Waals surface area contributed by atoms with Crippen LogP contribution in [-0.2, 0) is 4.79 Å². The summed E-state index contributed by atoms with van der Waals surface area (Å²) in [6.45, 7) is 3.45. The number of hydrogen-bond donors (Lipinski definition) is 2. The lowest BCUT2D eigenvalue weighted by Gasteiger charge is -2.15. The van der Waals surface area contributed by atoms with Gasteiger partial charge in [-0.25, -0.2) is 0 Å². The molecule has 2 N–H and O–H groups in total. The van der Waals surface area contributed by atoms with Gasteiger partial charge in [-0.3, -0.25) is 4.79 Å². The van der Waals surface area contributed by atoms with Crippen molar-refractivity contribution in [1.82, 2.24) is 5.32 Å². The maximum Gasteiger partial charge on any atom is 0.229 e. The minimum absolute atomic E-state index is 0.000694. The van der Waals surface area contributed by atoms with Crippen molar-refractivity contribution in [1.29, 1.82) is 0 Å². The van der Waals surface area contributed by atoms with Gasteiger partial charge in [0.15, 0.2) is 0 Å². The number of carbonyl (C=O) groups is 1. The Bertz CT molecular complexity index is 131. The average Bonchev–Trinajstić information content (AvgIpc) is 1.85. The number of rotatable bonds is 4. The van der Waals surface area contributed by atoms with Crippen LogP contribution in [0.1, 0.15) is 13.8 Å². The minimum atomic E-state index is -0.682. The van der Waals surface area contributed by atoms with E-state index < -0.39 is 5.60 Å². The minimum Gasteiger partial charge on any atom is -0.390 e. The summed E-state index contributed by atoms with van der Waals surface area (Å²) >= 11 is 1.43. The van der Waals surface area contributed by atoms with Crippen LogP contribution in [-0.4, -0.2) is 35.2 Å².